The minimum atomic E-state index is -3.86. The van der Waals surface area contributed by atoms with Crippen molar-refractivity contribution in [3.05, 3.63) is 58.1 Å². The molecule has 0 unspecified atom stereocenters. The predicted molar refractivity (Wildman–Crippen MR) is 104 cm³/mol. The zero-order chi connectivity index (χ0) is 20.2. The monoisotopic (exact) mass is 411 g/mol. The molecule has 2 aromatic carbocycles. The van der Waals surface area contributed by atoms with Gasteiger partial charge in [0.05, 0.1) is 28.6 Å². The molecule has 1 atom stereocenters. The van der Waals surface area contributed by atoms with Crippen molar-refractivity contribution < 1.29 is 22.7 Å². The van der Waals surface area contributed by atoms with Gasteiger partial charge in [-0.1, -0.05) is 17.7 Å². The minimum absolute atomic E-state index is 0.0129. The first-order chi connectivity index (χ1) is 12.6. The van der Waals surface area contributed by atoms with Crippen molar-refractivity contribution in [3.8, 4) is 5.75 Å². The Labute approximate surface area is 164 Å². The van der Waals surface area contributed by atoms with E-state index in [1.165, 1.54) is 25.3 Å². The van der Waals surface area contributed by atoms with Crippen LogP contribution in [-0.4, -0.2) is 34.1 Å². The molecule has 0 aliphatic carbocycles. The third-order valence-corrected chi connectivity index (χ3v) is 5.90. The van der Waals surface area contributed by atoms with Gasteiger partial charge in [-0.25, -0.2) is 17.9 Å². The molecule has 2 rings (SSSR count). The number of esters is 1. The standard InChI is InChI=1S/C19H22ClNO5S/c1-12-5-6-15(9-13(12)2)26-11-14(3)21-27(23,24)16-7-8-18(20)17(10-16)19(22)25-4/h5-10,14,21H,11H2,1-4H3/t14-/m0/s1. The van der Waals surface area contributed by atoms with E-state index in [1.54, 1.807) is 6.92 Å². The third-order valence-electron chi connectivity index (χ3n) is 3.99. The lowest BCUT2D eigenvalue weighted by molar-refractivity contribution is 0.0600. The number of aryl methyl sites for hydroxylation is 2. The average molecular weight is 412 g/mol. The van der Waals surface area contributed by atoms with Crippen molar-refractivity contribution >= 4 is 27.6 Å². The number of benzene rings is 2. The van der Waals surface area contributed by atoms with Gasteiger partial charge in [0.25, 0.3) is 0 Å². The fraction of sp³-hybridized carbons (Fsp3) is 0.316. The molecule has 0 aliphatic heterocycles. The van der Waals surface area contributed by atoms with Crippen LogP contribution in [0.4, 0.5) is 0 Å². The topological polar surface area (TPSA) is 81.7 Å². The van der Waals surface area contributed by atoms with Gasteiger partial charge in [0.2, 0.25) is 10.0 Å². The lowest BCUT2D eigenvalue weighted by atomic mass is 10.1. The summed E-state index contributed by atoms with van der Waals surface area (Å²) < 4.78 is 37.9. The molecule has 0 aliphatic rings. The van der Waals surface area contributed by atoms with Gasteiger partial charge in [0, 0.05) is 0 Å². The summed E-state index contributed by atoms with van der Waals surface area (Å²) >= 11 is 5.93. The van der Waals surface area contributed by atoms with E-state index in [2.05, 4.69) is 9.46 Å². The number of nitrogens with one attached hydrogen (secondary N) is 1. The van der Waals surface area contributed by atoms with Crippen molar-refractivity contribution in [3.63, 3.8) is 0 Å². The fourth-order valence-electron chi connectivity index (χ4n) is 2.33. The highest BCUT2D eigenvalue weighted by molar-refractivity contribution is 7.89. The van der Waals surface area contributed by atoms with Gasteiger partial charge in [-0.3, -0.25) is 0 Å². The molecule has 0 bridgehead atoms. The van der Waals surface area contributed by atoms with Crippen molar-refractivity contribution in [2.24, 2.45) is 0 Å². The van der Waals surface area contributed by atoms with Crippen LogP contribution in [-0.2, 0) is 14.8 Å². The summed E-state index contributed by atoms with van der Waals surface area (Å²) in [5.41, 5.74) is 2.23. The third kappa shape index (κ3) is 5.45. The molecule has 6 nitrogen and oxygen atoms in total. The van der Waals surface area contributed by atoms with Crippen LogP contribution in [0.5, 0.6) is 5.75 Å². The highest BCUT2D eigenvalue weighted by Crippen LogP contribution is 2.22. The maximum atomic E-state index is 12.6. The summed E-state index contributed by atoms with van der Waals surface area (Å²) in [6, 6.07) is 9.06. The Morgan fingerprint density at radius 1 is 1.15 bits per heavy atom. The normalized spacial score (nSPS) is 12.5. The van der Waals surface area contributed by atoms with E-state index in [0.717, 1.165) is 11.1 Å². The molecule has 0 heterocycles. The number of halogens is 1. The molecule has 0 radical (unpaired) electrons. The second-order valence-corrected chi connectivity index (χ2v) is 8.33. The average Bonchev–Trinajstić information content (AvgIpc) is 2.62. The van der Waals surface area contributed by atoms with Crippen molar-refractivity contribution in [2.45, 2.75) is 31.7 Å². The van der Waals surface area contributed by atoms with Crippen LogP contribution in [0.3, 0.4) is 0 Å². The maximum absolute atomic E-state index is 12.6. The molecule has 146 valence electrons. The molecule has 0 aromatic heterocycles. The number of sulfonamides is 1. The number of hydrogen-bond donors (Lipinski definition) is 1. The van der Waals surface area contributed by atoms with E-state index >= 15 is 0 Å². The second-order valence-electron chi connectivity index (χ2n) is 6.21. The Bertz CT molecular complexity index is 943. The first-order valence-electron chi connectivity index (χ1n) is 8.24. The molecule has 27 heavy (non-hydrogen) atoms. The van der Waals surface area contributed by atoms with Gasteiger partial charge in [-0.2, -0.15) is 0 Å². The zero-order valence-corrected chi connectivity index (χ0v) is 17.1. The molecule has 0 amide bonds. The van der Waals surface area contributed by atoms with E-state index in [1.807, 2.05) is 32.0 Å². The molecule has 8 heteroatoms. The summed E-state index contributed by atoms with van der Waals surface area (Å²) in [5.74, 6) is -0.0354. The molecule has 2 aromatic rings. The first kappa shape index (κ1) is 21.2. The number of rotatable bonds is 7. The van der Waals surface area contributed by atoms with Crippen LogP contribution in [0.15, 0.2) is 41.3 Å². The van der Waals surface area contributed by atoms with E-state index in [4.69, 9.17) is 16.3 Å². The Kier molecular flexibility index (Phi) is 6.86. The van der Waals surface area contributed by atoms with Crippen LogP contribution < -0.4 is 9.46 Å². The fourth-order valence-corrected chi connectivity index (χ4v) is 3.78. The number of carbonyl (C=O) groups excluding carboxylic acids is 1. The second kappa shape index (κ2) is 8.73. The molecule has 0 fully saturated rings. The van der Waals surface area contributed by atoms with Crippen LogP contribution in [0, 0.1) is 13.8 Å². The van der Waals surface area contributed by atoms with Crippen LogP contribution in [0.2, 0.25) is 5.02 Å². The van der Waals surface area contributed by atoms with Gasteiger partial charge in [0.15, 0.2) is 0 Å². The Balaban J connectivity index is 2.08. The molecule has 1 N–H and O–H groups in total. The SMILES string of the molecule is COC(=O)c1cc(S(=O)(=O)N[C@@H](C)COc2ccc(C)c(C)c2)ccc1Cl. The van der Waals surface area contributed by atoms with E-state index in [-0.39, 0.29) is 22.1 Å². The van der Waals surface area contributed by atoms with Crippen LogP contribution in [0.25, 0.3) is 0 Å². The smallest absolute Gasteiger partial charge is 0.339 e. The highest BCUT2D eigenvalue weighted by atomic mass is 35.5. The zero-order valence-electron chi connectivity index (χ0n) is 15.6. The lowest BCUT2D eigenvalue weighted by Crippen LogP contribution is -2.36. The molecular formula is C19H22ClNO5S. The summed E-state index contributed by atoms with van der Waals surface area (Å²) in [5, 5.41) is 0.118. The van der Waals surface area contributed by atoms with Gasteiger partial charge in [-0.05, 0) is 62.2 Å². The highest BCUT2D eigenvalue weighted by Gasteiger charge is 2.21. The largest absolute Gasteiger partial charge is 0.492 e. The molecule has 0 saturated heterocycles. The van der Waals surface area contributed by atoms with Crippen molar-refractivity contribution in [1.29, 1.82) is 0 Å². The number of carbonyl (C=O) groups is 1. The summed E-state index contributed by atoms with van der Waals surface area (Å²) in [6.45, 7) is 5.83. The Morgan fingerprint density at radius 3 is 2.48 bits per heavy atom. The summed E-state index contributed by atoms with van der Waals surface area (Å²) in [7, 11) is -2.66. The predicted octanol–water partition coefficient (Wildman–Crippen LogP) is 3.49. The van der Waals surface area contributed by atoms with Gasteiger partial charge in [-0.15, -0.1) is 0 Å². The number of hydrogen-bond acceptors (Lipinski definition) is 5. The van der Waals surface area contributed by atoms with Gasteiger partial charge < -0.3 is 9.47 Å². The van der Waals surface area contributed by atoms with E-state index in [9.17, 15) is 13.2 Å². The quantitative estimate of drug-likeness (QED) is 0.705. The van der Waals surface area contributed by atoms with Crippen molar-refractivity contribution in [1.82, 2.24) is 4.72 Å². The van der Waals surface area contributed by atoms with E-state index in [0.29, 0.717) is 5.75 Å². The summed E-state index contributed by atoms with van der Waals surface area (Å²) in [6.07, 6.45) is 0. The van der Waals surface area contributed by atoms with E-state index < -0.39 is 22.0 Å². The van der Waals surface area contributed by atoms with Crippen LogP contribution in [0.1, 0.15) is 28.4 Å². The number of ether oxygens (including phenoxy) is 2. The summed E-state index contributed by atoms with van der Waals surface area (Å²) in [4.78, 5) is 11.6. The van der Waals surface area contributed by atoms with Gasteiger partial charge >= 0.3 is 5.97 Å². The minimum Gasteiger partial charge on any atom is -0.492 e. The van der Waals surface area contributed by atoms with Crippen LogP contribution >= 0.6 is 11.6 Å². The first-order valence-corrected chi connectivity index (χ1v) is 10.1. The maximum Gasteiger partial charge on any atom is 0.339 e. The Morgan fingerprint density at radius 2 is 1.85 bits per heavy atom. The molecular weight excluding hydrogens is 390 g/mol. The number of methoxy groups -OCH3 is 1. The molecule has 0 spiro atoms. The Hall–Kier alpha value is -2.09. The molecule has 0 saturated carbocycles. The van der Waals surface area contributed by atoms with Crippen molar-refractivity contribution in [2.75, 3.05) is 13.7 Å². The lowest BCUT2D eigenvalue weighted by Gasteiger charge is -2.16. The van der Waals surface area contributed by atoms with Gasteiger partial charge in [0.1, 0.15) is 12.4 Å².